The van der Waals surface area contributed by atoms with Crippen LogP contribution in [0.25, 0.3) is 11.0 Å². The first-order valence-corrected chi connectivity index (χ1v) is 10.0. The van der Waals surface area contributed by atoms with E-state index in [0.29, 0.717) is 18.0 Å². The fraction of sp³-hybridized carbons (Fsp3) is 0.364. The van der Waals surface area contributed by atoms with Crippen molar-refractivity contribution >= 4 is 22.6 Å². The number of pyridine rings is 1. The van der Waals surface area contributed by atoms with Gasteiger partial charge in [0.05, 0.1) is 23.7 Å². The van der Waals surface area contributed by atoms with Gasteiger partial charge in [-0.2, -0.15) is 0 Å². The van der Waals surface area contributed by atoms with Crippen molar-refractivity contribution in [2.45, 2.75) is 39.2 Å². The summed E-state index contributed by atoms with van der Waals surface area (Å²) >= 11 is 0. The van der Waals surface area contributed by atoms with Crippen molar-refractivity contribution in [3.63, 3.8) is 0 Å². The van der Waals surface area contributed by atoms with Gasteiger partial charge in [-0.25, -0.2) is 9.78 Å². The first-order chi connectivity index (χ1) is 14.4. The predicted octanol–water partition coefficient (Wildman–Crippen LogP) is 2.88. The number of nitrogens with zero attached hydrogens (tertiary/aromatic N) is 2. The van der Waals surface area contributed by atoms with Gasteiger partial charge in [-0.3, -0.25) is 19.1 Å². The van der Waals surface area contributed by atoms with E-state index >= 15 is 0 Å². The molecule has 0 saturated heterocycles. The number of fused-ring (bicyclic) bond motifs is 1. The number of rotatable bonds is 6. The van der Waals surface area contributed by atoms with Crippen molar-refractivity contribution in [2.24, 2.45) is 5.92 Å². The van der Waals surface area contributed by atoms with Crippen LogP contribution >= 0.6 is 0 Å². The average molecular weight is 408 g/mol. The number of carbonyl (C=O) groups is 1. The molecule has 1 fully saturated rings. The summed E-state index contributed by atoms with van der Waals surface area (Å²) in [4.78, 5) is 45.4. The first kappa shape index (κ1) is 19.9. The standard InChI is InChI=1S/C22H24N4O4/c1-12(2)11-26-19-18(21(28)25-22(26)29)14(10-16(23-19)13-8-9-13)20(27)24-15-6-4-5-7-17(15)30-3/h4-7,10,12-13H,8-9,11H2,1-3H3,(H,24,27)(H,25,28,29). The lowest BCUT2D eigenvalue weighted by Gasteiger charge is -2.15. The van der Waals surface area contributed by atoms with Crippen LogP contribution in [0.5, 0.6) is 5.75 Å². The van der Waals surface area contributed by atoms with Crippen molar-refractivity contribution in [1.29, 1.82) is 0 Å². The molecule has 8 nitrogen and oxygen atoms in total. The number of H-pyrrole nitrogens is 1. The smallest absolute Gasteiger partial charge is 0.330 e. The zero-order valence-corrected chi connectivity index (χ0v) is 17.2. The Balaban J connectivity index is 1.91. The van der Waals surface area contributed by atoms with Crippen LogP contribution in [0.1, 0.15) is 48.7 Å². The van der Waals surface area contributed by atoms with Gasteiger partial charge in [0.25, 0.3) is 11.5 Å². The molecule has 0 bridgehead atoms. The van der Waals surface area contributed by atoms with Crippen LogP contribution in [0.15, 0.2) is 39.9 Å². The van der Waals surface area contributed by atoms with Crippen LogP contribution in [0.2, 0.25) is 0 Å². The Kier molecular flexibility index (Phi) is 5.15. The molecule has 0 aliphatic heterocycles. The molecular formula is C22H24N4O4. The highest BCUT2D eigenvalue weighted by Gasteiger charge is 2.29. The van der Waals surface area contributed by atoms with Crippen molar-refractivity contribution < 1.29 is 9.53 Å². The molecule has 0 atom stereocenters. The summed E-state index contributed by atoms with van der Waals surface area (Å²) in [7, 11) is 1.52. The van der Waals surface area contributed by atoms with Crippen molar-refractivity contribution in [2.75, 3.05) is 12.4 Å². The summed E-state index contributed by atoms with van der Waals surface area (Å²) in [5.74, 6) is 0.467. The third kappa shape index (κ3) is 3.72. The Bertz CT molecular complexity index is 1240. The number of aromatic amines is 1. The topological polar surface area (TPSA) is 106 Å². The third-order valence-electron chi connectivity index (χ3n) is 5.11. The Morgan fingerprint density at radius 1 is 1.30 bits per heavy atom. The van der Waals surface area contributed by atoms with Crippen LogP contribution in [-0.4, -0.2) is 27.6 Å². The number of benzene rings is 1. The summed E-state index contributed by atoms with van der Waals surface area (Å²) < 4.78 is 6.75. The van der Waals surface area contributed by atoms with E-state index in [1.165, 1.54) is 11.7 Å². The SMILES string of the molecule is COc1ccccc1NC(=O)c1cc(C2CC2)nc2c1c(=O)[nH]c(=O)n2CC(C)C. The Morgan fingerprint density at radius 3 is 2.70 bits per heavy atom. The number of ether oxygens (including phenoxy) is 1. The van der Waals surface area contributed by atoms with Crippen LogP contribution in [-0.2, 0) is 6.54 Å². The predicted molar refractivity (Wildman–Crippen MR) is 114 cm³/mol. The highest BCUT2D eigenvalue weighted by atomic mass is 16.5. The van der Waals surface area contributed by atoms with Crippen LogP contribution in [0, 0.1) is 5.92 Å². The van der Waals surface area contributed by atoms with Crippen molar-refractivity contribution in [1.82, 2.24) is 14.5 Å². The van der Waals surface area contributed by atoms with Crippen molar-refractivity contribution in [3.05, 3.63) is 62.4 Å². The minimum Gasteiger partial charge on any atom is -0.495 e. The molecule has 0 spiro atoms. The van der Waals surface area contributed by atoms with E-state index in [0.717, 1.165) is 18.5 Å². The summed E-state index contributed by atoms with van der Waals surface area (Å²) in [6, 6.07) is 8.72. The zero-order valence-electron chi connectivity index (χ0n) is 17.2. The normalized spacial score (nSPS) is 13.6. The number of methoxy groups -OCH3 is 1. The van der Waals surface area contributed by atoms with E-state index in [1.807, 2.05) is 13.8 Å². The van der Waals surface area contributed by atoms with Crippen LogP contribution < -0.4 is 21.3 Å². The van der Waals surface area contributed by atoms with Gasteiger partial charge in [0, 0.05) is 18.2 Å². The highest BCUT2D eigenvalue weighted by Crippen LogP contribution is 2.40. The van der Waals surface area contributed by atoms with Gasteiger partial charge in [-0.1, -0.05) is 26.0 Å². The number of hydrogen-bond acceptors (Lipinski definition) is 5. The van der Waals surface area contributed by atoms with Gasteiger partial charge < -0.3 is 10.1 Å². The number of amides is 1. The molecule has 1 aliphatic rings. The zero-order chi connectivity index (χ0) is 21.4. The minimum absolute atomic E-state index is 0.118. The van der Waals surface area contributed by atoms with E-state index in [4.69, 9.17) is 4.74 Å². The molecule has 4 rings (SSSR count). The lowest BCUT2D eigenvalue weighted by atomic mass is 10.1. The van der Waals surface area contributed by atoms with Crippen LogP contribution in [0.4, 0.5) is 5.69 Å². The van der Waals surface area contributed by atoms with Gasteiger partial charge in [0.1, 0.15) is 5.75 Å². The summed E-state index contributed by atoms with van der Waals surface area (Å²) in [5.41, 5.74) is 0.552. The van der Waals surface area contributed by atoms with E-state index in [2.05, 4.69) is 15.3 Å². The maximum absolute atomic E-state index is 13.2. The second-order valence-electron chi connectivity index (χ2n) is 7.99. The molecule has 2 aromatic heterocycles. The van der Waals surface area contributed by atoms with Gasteiger partial charge in [0.2, 0.25) is 0 Å². The molecule has 1 amide bonds. The van der Waals surface area contributed by atoms with E-state index in [-0.39, 0.29) is 28.4 Å². The summed E-state index contributed by atoms with van der Waals surface area (Å²) in [6.07, 6.45) is 1.95. The van der Waals surface area contributed by atoms with Crippen molar-refractivity contribution in [3.8, 4) is 5.75 Å². The maximum Gasteiger partial charge on any atom is 0.330 e. The molecule has 3 aromatic rings. The second kappa shape index (κ2) is 7.78. The monoisotopic (exact) mass is 408 g/mol. The maximum atomic E-state index is 13.2. The number of para-hydroxylation sites is 2. The molecule has 2 N–H and O–H groups in total. The number of anilines is 1. The van der Waals surface area contributed by atoms with Gasteiger partial charge in [0.15, 0.2) is 5.65 Å². The largest absolute Gasteiger partial charge is 0.495 e. The van der Waals surface area contributed by atoms with Gasteiger partial charge >= 0.3 is 5.69 Å². The molecule has 0 radical (unpaired) electrons. The second-order valence-corrected chi connectivity index (χ2v) is 7.99. The lowest BCUT2D eigenvalue weighted by molar-refractivity contribution is 0.102. The molecular weight excluding hydrogens is 384 g/mol. The molecule has 0 unspecified atom stereocenters. The Hall–Kier alpha value is -3.42. The first-order valence-electron chi connectivity index (χ1n) is 10.0. The third-order valence-corrected chi connectivity index (χ3v) is 5.11. The summed E-state index contributed by atoms with van der Waals surface area (Å²) in [6.45, 7) is 4.34. The van der Waals surface area contributed by atoms with E-state index in [9.17, 15) is 14.4 Å². The number of hydrogen-bond donors (Lipinski definition) is 2. The molecule has 156 valence electrons. The molecule has 2 heterocycles. The summed E-state index contributed by atoms with van der Waals surface area (Å²) in [5, 5.41) is 2.94. The Morgan fingerprint density at radius 2 is 2.03 bits per heavy atom. The molecule has 8 heteroatoms. The van der Waals surface area contributed by atoms with E-state index in [1.54, 1.807) is 30.3 Å². The molecule has 30 heavy (non-hydrogen) atoms. The number of aromatic nitrogens is 3. The van der Waals surface area contributed by atoms with E-state index < -0.39 is 17.2 Å². The van der Waals surface area contributed by atoms with Crippen LogP contribution in [0.3, 0.4) is 0 Å². The van der Waals surface area contributed by atoms with Gasteiger partial charge in [-0.15, -0.1) is 0 Å². The lowest BCUT2D eigenvalue weighted by Crippen LogP contribution is -2.33. The number of carbonyl (C=O) groups excluding carboxylic acids is 1. The molecule has 1 aromatic carbocycles. The fourth-order valence-corrected chi connectivity index (χ4v) is 3.53. The Labute approximate surface area is 172 Å². The quantitative estimate of drug-likeness (QED) is 0.652. The average Bonchev–Trinajstić information content (AvgIpc) is 3.55. The molecule has 1 saturated carbocycles. The fourth-order valence-electron chi connectivity index (χ4n) is 3.53. The molecule has 1 aliphatic carbocycles. The minimum atomic E-state index is -0.616. The highest BCUT2D eigenvalue weighted by molar-refractivity contribution is 6.12. The van der Waals surface area contributed by atoms with Gasteiger partial charge in [-0.05, 0) is 37.0 Å². The number of nitrogens with one attached hydrogen (secondary N) is 2.